The van der Waals surface area contributed by atoms with Crippen LogP contribution in [0.15, 0.2) is 16.7 Å². The number of aldehydes is 1. The summed E-state index contributed by atoms with van der Waals surface area (Å²) in [5.74, 6) is -0.284. The lowest BCUT2D eigenvalue weighted by molar-refractivity contribution is -0.107. The van der Waals surface area contributed by atoms with Gasteiger partial charge in [0.05, 0.1) is 6.54 Å². The fourth-order valence-corrected chi connectivity index (χ4v) is 1.07. The van der Waals surface area contributed by atoms with Crippen LogP contribution in [0, 0.1) is 0 Å². The van der Waals surface area contributed by atoms with Crippen LogP contribution in [0.1, 0.15) is 10.5 Å². The van der Waals surface area contributed by atoms with E-state index < -0.39 is 0 Å². The van der Waals surface area contributed by atoms with E-state index in [1.807, 2.05) is 0 Å². The molecule has 0 aliphatic rings. The summed E-state index contributed by atoms with van der Waals surface area (Å²) < 4.78 is 0.804. The lowest BCUT2D eigenvalue weighted by atomic mass is 10.4. The highest BCUT2D eigenvalue weighted by atomic mass is 79.9. The van der Waals surface area contributed by atoms with Crippen molar-refractivity contribution in [1.82, 2.24) is 10.3 Å². The van der Waals surface area contributed by atoms with Crippen LogP contribution in [-0.4, -0.2) is 23.7 Å². The Labute approximate surface area is 77.5 Å². The van der Waals surface area contributed by atoms with E-state index in [0.29, 0.717) is 12.0 Å². The molecule has 0 saturated carbocycles. The van der Waals surface area contributed by atoms with E-state index in [2.05, 4.69) is 26.2 Å². The van der Waals surface area contributed by atoms with Gasteiger partial charge >= 0.3 is 0 Å². The first-order chi connectivity index (χ1) is 5.74. The smallest absolute Gasteiger partial charge is 0.268 e. The minimum atomic E-state index is -0.284. The molecule has 2 N–H and O–H groups in total. The SMILES string of the molecule is O=CCNC(=O)c1cc(Br)c[nH]1. The van der Waals surface area contributed by atoms with E-state index in [4.69, 9.17) is 0 Å². The Morgan fingerprint density at radius 1 is 1.75 bits per heavy atom. The van der Waals surface area contributed by atoms with E-state index in [0.717, 1.165) is 4.47 Å². The summed E-state index contributed by atoms with van der Waals surface area (Å²) in [6.07, 6.45) is 2.28. The first-order valence-electron chi connectivity index (χ1n) is 3.30. The monoisotopic (exact) mass is 230 g/mol. The van der Waals surface area contributed by atoms with Crippen LogP contribution < -0.4 is 5.32 Å². The topological polar surface area (TPSA) is 62.0 Å². The van der Waals surface area contributed by atoms with Gasteiger partial charge in [0, 0.05) is 10.7 Å². The van der Waals surface area contributed by atoms with Gasteiger partial charge < -0.3 is 15.1 Å². The van der Waals surface area contributed by atoms with Gasteiger partial charge in [-0.1, -0.05) is 0 Å². The maximum atomic E-state index is 11.1. The van der Waals surface area contributed by atoms with E-state index in [9.17, 15) is 9.59 Å². The Morgan fingerprint density at radius 3 is 3.00 bits per heavy atom. The number of hydrogen-bond acceptors (Lipinski definition) is 2. The molecule has 0 aliphatic carbocycles. The van der Waals surface area contributed by atoms with Crippen LogP contribution in [0.4, 0.5) is 0 Å². The number of amides is 1. The molecule has 5 heteroatoms. The number of aromatic amines is 1. The minimum Gasteiger partial charge on any atom is -0.356 e. The van der Waals surface area contributed by atoms with Gasteiger partial charge in [-0.15, -0.1) is 0 Å². The van der Waals surface area contributed by atoms with Crippen molar-refractivity contribution in [3.8, 4) is 0 Å². The average Bonchev–Trinajstić information content (AvgIpc) is 2.47. The van der Waals surface area contributed by atoms with Crippen molar-refractivity contribution in [2.45, 2.75) is 0 Å². The second kappa shape index (κ2) is 4.06. The molecule has 1 amide bonds. The molecule has 1 aromatic rings. The van der Waals surface area contributed by atoms with Gasteiger partial charge in [0.2, 0.25) is 0 Å². The maximum absolute atomic E-state index is 11.1. The summed E-state index contributed by atoms with van der Waals surface area (Å²) in [6, 6.07) is 1.64. The van der Waals surface area contributed by atoms with Gasteiger partial charge in [-0.3, -0.25) is 4.79 Å². The molecule has 0 aliphatic heterocycles. The number of rotatable bonds is 3. The van der Waals surface area contributed by atoms with Crippen molar-refractivity contribution in [3.05, 3.63) is 22.4 Å². The molecule has 0 radical (unpaired) electrons. The maximum Gasteiger partial charge on any atom is 0.268 e. The third kappa shape index (κ3) is 2.20. The number of H-pyrrole nitrogens is 1. The molecule has 4 nitrogen and oxygen atoms in total. The molecule has 1 aromatic heterocycles. The fraction of sp³-hybridized carbons (Fsp3) is 0.143. The molecular formula is C7H7BrN2O2. The Morgan fingerprint density at radius 2 is 2.50 bits per heavy atom. The van der Waals surface area contributed by atoms with Gasteiger partial charge in [0.25, 0.3) is 5.91 Å². The van der Waals surface area contributed by atoms with Crippen LogP contribution in [-0.2, 0) is 4.79 Å². The number of nitrogens with one attached hydrogen (secondary N) is 2. The first-order valence-corrected chi connectivity index (χ1v) is 4.09. The van der Waals surface area contributed by atoms with Crippen LogP contribution in [0.5, 0.6) is 0 Å². The number of aromatic nitrogens is 1. The van der Waals surface area contributed by atoms with E-state index in [1.165, 1.54) is 0 Å². The number of halogens is 1. The van der Waals surface area contributed by atoms with Crippen LogP contribution in [0.2, 0.25) is 0 Å². The molecule has 64 valence electrons. The standard InChI is InChI=1S/C7H7BrN2O2/c8-5-3-6(10-4-5)7(12)9-1-2-11/h2-4,10H,1H2,(H,9,12). The third-order valence-corrected chi connectivity index (χ3v) is 1.70. The number of carbonyl (C=O) groups excluding carboxylic acids is 2. The predicted octanol–water partition coefficient (Wildman–Crippen LogP) is 0.706. The molecule has 0 saturated heterocycles. The van der Waals surface area contributed by atoms with E-state index in [-0.39, 0.29) is 12.5 Å². The molecular weight excluding hydrogens is 224 g/mol. The Bertz CT molecular complexity index is 295. The van der Waals surface area contributed by atoms with Crippen LogP contribution >= 0.6 is 15.9 Å². The highest BCUT2D eigenvalue weighted by molar-refractivity contribution is 9.10. The molecule has 0 bridgehead atoms. The molecule has 1 heterocycles. The molecule has 0 unspecified atom stereocenters. The largest absolute Gasteiger partial charge is 0.356 e. The van der Waals surface area contributed by atoms with Crippen molar-refractivity contribution >= 4 is 28.1 Å². The molecule has 0 aromatic carbocycles. The summed E-state index contributed by atoms with van der Waals surface area (Å²) in [5.41, 5.74) is 0.434. The number of carbonyl (C=O) groups is 2. The zero-order valence-corrected chi connectivity index (χ0v) is 7.72. The Kier molecular flexibility index (Phi) is 3.04. The van der Waals surface area contributed by atoms with Crippen molar-refractivity contribution in [2.24, 2.45) is 0 Å². The van der Waals surface area contributed by atoms with Crippen molar-refractivity contribution in [2.75, 3.05) is 6.54 Å². The average molecular weight is 231 g/mol. The van der Waals surface area contributed by atoms with Gasteiger partial charge in [-0.05, 0) is 22.0 Å². The zero-order valence-electron chi connectivity index (χ0n) is 6.13. The third-order valence-electron chi connectivity index (χ3n) is 1.24. The van der Waals surface area contributed by atoms with Crippen LogP contribution in [0.3, 0.4) is 0 Å². The highest BCUT2D eigenvalue weighted by Gasteiger charge is 2.05. The predicted molar refractivity (Wildman–Crippen MR) is 46.9 cm³/mol. The van der Waals surface area contributed by atoms with E-state index >= 15 is 0 Å². The second-order valence-electron chi connectivity index (χ2n) is 2.11. The van der Waals surface area contributed by atoms with E-state index in [1.54, 1.807) is 12.3 Å². The normalized spacial score (nSPS) is 9.42. The Hall–Kier alpha value is -1.10. The lowest BCUT2D eigenvalue weighted by Crippen LogP contribution is -2.25. The summed E-state index contributed by atoms with van der Waals surface area (Å²) in [7, 11) is 0. The lowest BCUT2D eigenvalue weighted by Gasteiger charge is -1.96. The zero-order chi connectivity index (χ0) is 8.97. The Balaban J connectivity index is 2.59. The molecule has 0 spiro atoms. The fourth-order valence-electron chi connectivity index (χ4n) is 0.729. The quantitative estimate of drug-likeness (QED) is 0.752. The first kappa shape index (κ1) is 8.99. The summed E-state index contributed by atoms with van der Waals surface area (Å²) in [4.78, 5) is 23.7. The van der Waals surface area contributed by atoms with Gasteiger partial charge in [-0.25, -0.2) is 0 Å². The second-order valence-corrected chi connectivity index (χ2v) is 3.02. The molecule has 0 fully saturated rings. The molecule has 12 heavy (non-hydrogen) atoms. The van der Waals surface area contributed by atoms with Gasteiger partial charge in [0.1, 0.15) is 12.0 Å². The summed E-state index contributed by atoms with van der Waals surface area (Å²) in [6.45, 7) is 0.0372. The summed E-state index contributed by atoms with van der Waals surface area (Å²) in [5, 5.41) is 2.40. The molecule has 0 atom stereocenters. The van der Waals surface area contributed by atoms with Crippen LogP contribution in [0.25, 0.3) is 0 Å². The van der Waals surface area contributed by atoms with Crippen molar-refractivity contribution < 1.29 is 9.59 Å². The van der Waals surface area contributed by atoms with Gasteiger partial charge in [0.15, 0.2) is 0 Å². The minimum absolute atomic E-state index is 0.0372. The van der Waals surface area contributed by atoms with Crippen molar-refractivity contribution in [3.63, 3.8) is 0 Å². The number of hydrogen-bond donors (Lipinski definition) is 2. The van der Waals surface area contributed by atoms with Crippen molar-refractivity contribution in [1.29, 1.82) is 0 Å². The molecule has 1 rings (SSSR count). The van der Waals surface area contributed by atoms with Gasteiger partial charge in [-0.2, -0.15) is 0 Å². The highest BCUT2D eigenvalue weighted by Crippen LogP contribution is 2.09. The summed E-state index contributed by atoms with van der Waals surface area (Å²) >= 11 is 3.19.